The molecule has 3 heterocycles. The molecule has 1 aromatic heterocycles. The molecule has 2 fully saturated rings. The number of allylic oxidation sites excluding steroid dienone is 5. The van der Waals surface area contributed by atoms with Gasteiger partial charge in [0.15, 0.2) is 17.4 Å². The average molecular weight is 1350 g/mol. The first-order valence-electron chi connectivity index (χ1n) is 35.1. The Hall–Kier alpha value is -6.76. The lowest BCUT2D eigenvalue weighted by Crippen LogP contribution is -2.32. The molecule has 0 spiro atoms. The fourth-order valence-electron chi connectivity index (χ4n) is 11.2. The molecule has 2 aliphatic carbocycles. The number of carbonyl (C=O) groups is 4. The van der Waals surface area contributed by atoms with Crippen LogP contribution in [0.25, 0.3) is 11.4 Å². The highest BCUT2D eigenvalue weighted by atomic mass is 32.2. The van der Waals surface area contributed by atoms with Crippen LogP contribution in [0, 0.1) is 41.9 Å². The smallest absolute Gasteiger partial charge is 0.360 e. The number of carbonyl (C=O) groups excluding carboxylic acids is 4. The van der Waals surface area contributed by atoms with Gasteiger partial charge in [-0.1, -0.05) is 187 Å². The normalized spacial score (nSPS) is 18.6. The predicted octanol–water partition coefficient (Wildman–Crippen LogP) is 15.3. The third-order valence-corrected chi connectivity index (χ3v) is 18.8. The maximum Gasteiger partial charge on any atom is 0.360 e. The minimum absolute atomic E-state index is 0.0207. The van der Waals surface area contributed by atoms with E-state index >= 15 is 0 Å². The number of aromatic nitrogens is 4. The van der Waals surface area contributed by atoms with Gasteiger partial charge in [-0.2, -0.15) is 17.7 Å². The molecule has 4 aromatic carbocycles. The Labute approximate surface area is 587 Å². The molecule has 19 heteroatoms. The summed E-state index contributed by atoms with van der Waals surface area (Å²) in [6, 6.07) is 27.1. The number of ether oxygens (including phenoxy) is 1. The molecular weight excluding hydrogens is 1230 g/mol. The van der Waals surface area contributed by atoms with E-state index in [1.54, 1.807) is 82.9 Å². The van der Waals surface area contributed by atoms with Crippen molar-refractivity contribution in [1.29, 1.82) is 0 Å². The first-order chi connectivity index (χ1) is 45.7. The zero-order chi connectivity index (χ0) is 72.5. The Morgan fingerprint density at radius 3 is 1.65 bits per heavy atom. The summed E-state index contributed by atoms with van der Waals surface area (Å²) in [5.74, 6) is 8.99. The van der Waals surface area contributed by atoms with E-state index in [0.717, 1.165) is 39.5 Å². The van der Waals surface area contributed by atoms with Crippen molar-refractivity contribution in [3.63, 3.8) is 0 Å². The first-order valence-corrected chi connectivity index (χ1v) is 36.1. The van der Waals surface area contributed by atoms with Gasteiger partial charge >= 0.3 is 19.8 Å². The predicted molar refractivity (Wildman–Crippen MR) is 403 cm³/mol. The number of nitrogens with two attached hydrogens (primary N) is 1. The van der Waals surface area contributed by atoms with E-state index in [0.29, 0.717) is 57.9 Å². The fourth-order valence-corrected chi connectivity index (χ4v) is 13.0. The third kappa shape index (κ3) is 31.3. The molecule has 5 aromatic rings. The van der Waals surface area contributed by atoms with Crippen LogP contribution in [0.15, 0.2) is 128 Å². The molecule has 16 nitrogen and oxygen atoms in total. The van der Waals surface area contributed by atoms with E-state index in [2.05, 4.69) is 153 Å². The van der Waals surface area contributed by atoms with Gasteiger partial charge in [0, 0.05) is 62.9 Å². The number of Topliss-reactive ketones (excluding diaryl/α,β-unsaturated/α-hetero) is 2. The molecule has 0 radical (unpaired) electrons. The van der Waals surface area contributed by atoms with E-state index in [9.17, 15) is 34.3 Å². The minimum Gasteiger partial charge on any atom is -0.507 e. The van der Waals surface area contributed by atoms with Gasteiger partial charge in [-0.25, -0.2) is 4.79 Å². The molecule has 5 atom stereocenters. The number of amides is 1. The Morgan fingerprint density at radius 1 is 0.670 bits per heavy atom. The van der Waals surface area contributed by atoms with E-state index in [1.165, 1.54) is 106 Å². The summed E-state index contributed by atoms with van der Waals surface area (Å²) in [6.07, 6.45) is 24.4. The van der Waals surface area contributed by atoms with Crippen molar-refractivity contribution >= 4 is 60.0 Å². The molecule has 97 heavy (non-hydrogen) atoms. The summed E-state index contributed by atoms with van der Waals surface area (Å²) in [7, 11) is 0. The van der Waals surface area contributed by atoms with Gasteiger partial charge < -0.3 is 35.4 Å². The van der Waals surface area contributed by atoms with Crippen molar-refractivity contribution in [2.45, 2.75) is 231 Å². The van der Waals surface area contributed by atoms with Crippen LogP contribution < -0.4 is 27.5 Å². The molecule has 2 aliphatic heterocycles. The summed E-state index contributed by atoms with van der Waals surface area (Å²) < 4.78 is 5.79. The number of nitrogens with zero attached hydrogens (tertiary/aromatic N) is 4. The Bertz CT molecular complexity index is 3200. The lowest BCUT2D eigenvalue weighted by molar-refractivity contribution is -0.00214. The number of ketones is 2. The van der Waals surface area contributed by atoms with Gasteiger partial charge in [0.1, 0.15) is 11.3 Å². The summed E-state index contributed by atoms with van der Waals surface area (Å²) >= 11 is 2.14. The van der Waals surface area contributed by atoms with Gasteiger partial charge in [0.25, 0.3) is 5.91 Å². The molecule has 0 bridgehead atoms. The lowest BCUT2D eigenvalue weighted by Gasteiger charge is -2.30. The SMILES string of the molecule is C=C1CC2C(CSC2C(C)(C)C)N1.CB(O)c1ccc(C(=O)C(C)C)cc1.CB(O)c1ccc(C(=O)NC(C)C)cc1.CC(C)C(=O)c1ccc(C(=O)ON)c(O)c1.CC(C)C1CC/C=C/CCC1.CC(C)OC1CC/C=C/CCC1.Cc1nnc(-c2ccc(C(C)C)cc2)nn1. The summed E-state index contributed by atoms with van der Waals surface area (Å²) in [4.78, 5) is 49.8. The summed E-state index contributed by atoms with van der Waals surface area (Å²) in [5, 5.41) is 51.0. The fraction of sp³-hybridized carbons (Fsp3) is 0.538. The van der Waals surface area contributed by atoms with Crippen molar-refractivity contribution in [3.8, 4) is 17.1 Å². The number of hydrogen-bond acceptors (Lipinski definition) is 16. The second kappa shape index (κ2) is 43.6. The molecule has 9 rings (SSSR count). The third-order valence-electron chi connectivity index (χ3n) is 16.9. The summed E-state index contributed by atoms with van der Waals surface area (Å²) in [6.45, 7) is 39.7. The van der Waals surface area contributed by atoms with Crippen molar-refractivity contribution in [3.05, 3.63) is 161 Å². The van der Waals surface area contributed by atoms with E-state index in [1.807, 2.05) is 39.8 Å². The number of nitrogens with one attached hydrogen (secondary N) is 2. The number of benzene rings is 4. The number of phenols is 1. The number of hydrogen-bond donors (Lipinski definition) is 6. The second-order valence-electron chi connectivity index (χ2n) is 28.6. The Kier molecular flexibility index (Phi) is 38.0. The number of rotatable bonds is 14. The monoisotopic (exact) mass is 1350 g/mol. The van der Waals surface area contributed by atoms with Crippen LogP contribution in [0.3, 0.4) is 0 Å². The van der Waals surface area contributed by atoms with Gasteiger partial charge in [-0.05, 0) is 175 Å². The Morgan fingerprint density at radius 2 is 1.18 bits per heavy atom. The number of thioether (sulfide) groups is 1. The Balaban J connectivity index is 0.000000296. The summed E-state index contributed by atoms with van der Waals surface area (Å²) in [5.41, 5.74) is 7.21. The van der Waals surface area contributed by atoms with E-state index in [-0.39, 0.29) is 46.7 Å². The van der Waals surface area contributed by atoms with Gasteiger partial charge in [-0.15, -0.1) is 20.4 Å². The topological polar surface area (TPSA) is 249 Å². The van der Waals surface area contributed by atoms with Crippen molar-refractivity contribution in [1.82, 2.24) is 31.0 Å². The van der Waals surface area contributed by atoms with Crippen LogP contribution in [-0.4, -0.2) is 108 Å². The largest absolute Gasteiger partial charge is 0.507 e. The second-order valence-corrected chi connectivity index (χ2v) is 29.7. The van der Waals surface area contributed by atoms with Gasteiger partial charge in [0.2, 0.25) is 5.82 Å². The molecule has 4 aliphatic rings. The zero-order valence-electron chi connectivity index (χ0n) is 61.7. The van der Waals surface area contributed by atoms with Crippen LogP contribution in [0.5, 0.6) is 5.75 Å². The quantitative estimate of drug-likeness (QED) is 0.0262. The molecular formula is C78H117B2N7O9S. The van der Waals surface area contributed by atoms with E-state index in [4.69, 9.17) is 10.6 Å². The van der Waals surface area contributed by atoms with Gasteiger partial charge in [0.05, 0.1) is 12.2 Å². The van der Waals surface area contributed by atoms with Crippen LogP contribution in [-0.2, 0) is 9.57 Å². The standard InChI is InChI=1S/C12H14N4.C11H16BNO2.C11H15BO2.C11H13NO4.C11H19NS.C11H20O.C11H20/c1-8(2)10-4-6-11(7-5-10)12-15-13-9(3)14-16-12;1-8(2)13-11(14)9-4-6-10(7-5-9)12(3)15;1-8(2)11(13)9-4-6-10(7-5-9)12(3)14;1-6(2)10(14)7-3-4-8(9(13)5-7)11(15)16-12;1-7-5-8-9(12-7)6-13-10(8)11(2,3)4;1-10(2)12-11-8-6-4-3-5-7-9-11;1-10(2)11-8-6-4-3-5-7-9-11/h4-8H,1-3H3;4-8,15H,1-3H3,(H,13,14);4-8,14H,1-3H3;3-6,13H,12H2,1-2H3;8-10,12H,1,5-6H2,2-4H3;3-4,10-11H,5-9H2,1-2H3;3-4,10-11H,5-9H2,1-2H3/b;;;;;2*4-3+. The molecule has 530 valence electrons. The minimum atomic E-state index is -0.846. The highest BCUT2D eigenvalue weighted by Crippen LogP contribution is 2.48. The number of aromatic hydroxyl groups is 1. The highest BCUT2D eigenvalue weighted by molar-refractivity contribution is 8.00. The number of phenolic OH excluding ortho intramolecular Hbond substituents is 1. The van der Waals surface area contributed by atoms with Crippen LogP contribution >= 0.6 is 11.8 Å². The van der Waals surface area contributed by atoms with Crippen LogP contribution in [0.4, 0.5) is 0 Å². The molecule has 5 unspecified atom stereocenters. The van der Waals surface area contributed by atoms with E-state index < -0.39 is 19.8 Å². The molecule has 0 saturated carbocycles. The highest BCUT2D eigenvalue weighted by Gasteiger charge is 2.46. The molecule has 7 N–H and O–H groups in total. The first kappa shape index (κ1) is 84.5. The number of fused-ring (bicyclic) bond motifs is 1. The van der Waals surface area contributed by atoms with Gasteiger partial charge in [-0.3, -0.25) is 14.4 Å². The van der Waals surface area contributed by atoms with Crippen molar-refractivity contribution in [2.75, 3.05) is 5.75 Å². The van der Waals surface area contributed by atoms with Crippen LogP contribution in [0.1, 0.15) is 233 Å². The lowest BCUT2D eigenvalue weighted by atomic mass is 9.64. The zero-order valence-corrected chi connectivity index (χ0v) is 62.5. The van der Waals surface area contributed by atoms with Crippen molar-refractivity contribution in [2.24, 2.45) is 40.9 Å². The number of aryl methyl sites for hydroxylation is 1. The van der Waals surface area contributed by atoms with Crippen molar-refractivity contribution < 1.29 is 43.9 Å². The van der Waals surface area contributed by atoms with Crippen LogP contribution in [0.2, 0.25) is 13.6 Å². The maximum absolute atomic E-state index is 11.6. The maximum atomic E-state index is 11.6. The molecule has 2 saturated heterocycles. The average Bonchev–Trinajstić information content (AvgIpc) is 1.65. The molecule has 1 amide bonds.